The van der Waals surface area contributed by atoms with Gasteiger partial charge in [-0.05, 0) is 19.4 Å². The lowest BCUT2D eigenvalue weighted by Gasteiger charge is -2.31. The molecule has 0 saturated carbocycles. The zero-order valence-corrected chi connectivity index (χ0v) is 10.1. The fraction of sp³-hybridized carbons (Fsp3) is 0.600. The summed E-state index contributed by atoms with van der Waals surface area (Å²) in [5.74, 6) is -0.356. The molecule has 0 aromatic carbocycles. The first kappa shape index (κ1) is 13.3. The molecule has 2 N–H and O–H groups in total. The van der Waals surface area contributed by atoms with Crippen LogP contribution < -0.4 is 10.6 Å². The number of hydrogen-bond donors (Lipinski definition) is 2. The standard InChI is InChI=1S/C10H12F3N3OS/c11-10(12,13)8-3-6(1-2-15-8)16-9(17)7-4-14-5-18-7/h4-6,8,15H,1-3H2,(H,16,17)/t6-,8+/m1/s1. The smallest absolute Gasteiger partial charge is 0.348 e. The molecule has 2 atom stereocenters. The largest absolute Gasteiger partial charge is 0.403 e. The molecule has 1 saturated heterocycles. The highest BCUT2D eigenvalue weighted by molar-refractivity contribution is 7.11. The number of hydrogen-bond acceptors (Lipinski definition) is 4. The molecule has 1 aromatic heterocycles. The number of alkyl halides is 3. The maximum absolute atomic E-state index is 12.5. The number of carbonyl (C=O) groups is 1. The summed E-state index contributed by atoms with van der Waals surface area (Å²) in [5.41, 5.74) is 1.51. The molecule has 1 aliphatic rings. The number of aromatic nitrogens is 1. The van der Waals surface area contributed by atoms with Crippen molar-refractivity contribution < 1.29 is 18.0 Å². The van der Waals surface area contributed by atoms with Gasteiger partial charge in [0, 0.05) is 6.04 Å². The summed E-state index contributed by atoms with van der Waals surface area (Å²) in [6.45, 7) is 0.248. The second-order valence-corrected chi connectivity index (χ2v) is 5.00. The first-order chi connectivity index (χ1) is 8.47. The van der Waals surface area contributed by atoms with Gasteiger partial charge in [0.2, 0.25) is 0 Å². The highest BCUT2D eigenvalue weighted by atomic mass is 32.1. The summed E-state index contributed by atoms with van der Waals surface area (Å²) in [6, 6.07) is -1.99. The van der Waals surface area contributed by atoms with Gasteiger partial charge in [0.1, 0.15) is 10.9 Å². The first-order valence-corrected chi connectivity index (χ1v) is 6.34. The summed E-state index contributed by atoms with van der Waals surface area (Å²) in [6.07, 6.45) is -2.50. The summed E-state index contributed by atoms with van der Waals surface area (Å²) < 4.78 is 37.6. The first-order valence-electron chi connectivity index (χ1n) is 5.46. The minimum atomic E-state index is -4.27. The van der Waals surface area contributed by atoms with E-state index >= 15 is 0 Å². The van der Waals surface area contributed by atoms with E-state index in [2.05, 4.69) is 15.6 Å². The van der Waals surface area contributed by atoms with Crippen LogP contribution in [0.1, 0.15) is 22.5 Å². The van der Waals surface area contributed by atoms with Crippen LogP contribution in [0.5, 0.6) is 0 Å². The van der Waals surface area contributed by atoms with E-state index in [1.165, 1.54) is 11.7 Å². The Morgan fingerprint density at radius 3 is 2.94 bits per heavy atom. The predicted molar refractivity (Wildman–Crippen MR) is 60.4 cm³/mol. The molecule has 2 heterocycles. The topological polar surface area (TPSA) is 54.0 Å². The maximum atomic E-state index is 12.5. The van der Waals surface area contributed by atoms with Crippen LogP contribution in [0.15, 0.2) is 11.7 Å². The van der Waals surface area contributed by atoms with Gasteiger partial charge in [0.15, 0.2) is 0 Å². The van der Waals surface area contributed by atoms with Crippen molar-refractivity contribution in [2.75, 3.05) is 6.54 Å². The molecule has 100 valence electrons. The normalized spacial score (nSPS) is 24.8. The van der Waals surface area contributed by atoms with Crippen molar-refractivity contribution >= 4 is 17.2 Å². The Morgan fingerprint density at radius 2 is 2.33 bits per heavy atom. The van der Waals surface area contributed by atoms with Crippen molar-refractivity contribution in [3.05, 3.63) is 16.6 Å². The molecule has 0 unspecified atom stereocenters. The molecule has 0 radical (unpaired) electrons. The number of carbonyl (C=O) groups excluding carboxylic acids is 1. The van der Waals surface area contributed by atoms with E-state index in [1.807, 2.05) is 0 Å². The van der Waals surface area contributed by atoms with Gasteiger partial charge in [0.05, 0.1) is 11.7 Å². The van der Waals surface area contributed by atoms with Crippen LogP contribution >= 0.6 is 11.3 Å². The molecule has 1 amide bonds. The predicted octanol–water partition coefficient (Wildman–Crippen LogP) is 1.56. The van der Waals surface area contributed by atoms with Crippen LogP contribution in [0.2, 0.25) is 0 Å². The molecule has 0 bridgehead atoms. The molecular weight excluding hydrogens is 267 g/mol. The second-order valence-electron chi connectivity index (χ2n) is 4.11. The molecule has 4 nitrogen and oxygen atoms in total. The minimum Gasteiger partial charge on any atom is -0.348 e. The van der Waals surface area contributed by atoms with Crippen molar-refractivity contribution in [3.8, 4) is 0 Å². The number of piperidine rings is 1. The van der Waals surface area contributed by atoms with E-state index in [9.17, 15) is 18.0 Å². The molecule has 8 heteroatoms. The minimum absolute atomic E-state index is 0.131. The van der Waals surface area contributed by atoms with Crippen LogP contribution in [0.3, 0.4) is 0 Å². The molecule has 1 fully saturated rings. The quantitative estimate of drug-likeness (QED) is 0.863. The number of nitrogens with zero attached hydrogens (tertiary/aromatic N) is 1. The van der Waals surface area contributed by atoms with Gasteiger partial charge in [0.25, 0.3) is 5.91 Å². The number of amides is 1. The van der Waals surface area contributed by atoms with Gasteiger partial charge < -0.3 is 10.6 Å². The highest BCUT2D eigenvalue weighted by Crippen LogP contribution is 2.26. The third-order valence-electron chi connectivity index (χ3n) is 2.79. The van der Waals surface area contributed by atoms with E-state index in [0.717, 1.165) is 11.3 Å². The molecular formula is C10H12F3N3OS. The maximum Gasteiger partial charge on any atom is 0.403 e. The van der Waals surface area contributed by atoms with Crippen molar-refractivity contribution in [1.29, 1.82) is 0 Å². The Balaban J connectivity index is 1.92. The fourth-order valence-electron chi connectivity index (χ4n) is 1.88. The Labute approximate surface area is 106 Å². The molecule has 1 aliphatic heterocycles. The van der Waals surface area contributed by atoms with E-state index in [-0.39, 0.29) is 18.9 Å². The Morgan fingerprint density at radius 1 is 1.56 bits per heavy atom. The lowest BCUT2D eigenvalue weighted by Crippen LogP contribution is -2.53. The molecule has 18 heavy (non-hydrogen) atoms. The zero-order chi connectivity index (χ0) is 13.2. The van der Waals surface area contributed by atoms with Gasteiger partial charge in [-0.25, -0.2) is 0 Å². The Hall–Kier alpha value is -1.15. The lowest BCUT2D eigenvalue weighted by molar-refractivity contribution is -0.161. The fourth-order valence-corrected chi connectivity index (χ4v) is 2.41. The molecule has 2 rings (SSSR count). The van der Waals surface area contributed by atoms with Crippen LogP contribution in [0, 0.1) is 0 Å². The van der Waals surface area contributed by atoms with E-state index in [0.29, 0.717) is 11.3 Å². The number of thiazole rings is 1. The Kier molecular flexibility index (Phi) is 3.86. The van der Waals surface area contributed by atoms with Crippen LogP contribution in [-0.2, 0) is 0 Å². The van der Waals surface area contributed by atoms with Gasteiger partial charge in [-0.1, -0.05) is 0 Å². The van der Waals surface area contributed by atoms with E-state index < -0.39 is 18.3 Å². The van der Waals surface area contributed by atoms with Gasteiger partial charge >= 0.3 is 6.18 Å². The van der Waals surface area contributed by atoms with Crippen molar-refractivity contribution in [2.24, 2.45) is 0 Å². The van der Waals surface area contributed by atoms with Crippen molar-refractivity contribution in [3.63, 3.8) is 0 Å². The Bertz CT molecular complexity index is 407. The SMILES string of the molecule is O=C(N[C@@H]1CCN[C@H](C(F)(F)F)C1)c1cncs1. The monoisotopic (exact) mass is 279 g/mol. The van der Waals surface area contributed by atoms with E-state index in [4.69, 9.17) is 0 Å². The summed E-state index contributed by atoms with van der Waals surface area (Å²) in [5, 5.41) is 5.03. The van der Waals surface area contributed by atoms with Crippen molar-refractivity contribution in [1.82, 2.24) is 15.6 Å². The summed E-state index contributed by atoms with van der Waals surface area (Å²) in [7, 11) is 0. The summed E-state index contributed by atoms with van der Waals surface area (Å²) >= 11 is 1.16. The zero-order valence-electron chi connectivity index (χ0n) is 9.33. The lowest BCUT2D eigenvalue weighted by atomic mass is 9.99. The van der Waals surface area contributed by atoms with Crippen LogP contribution in [0.4, 0.5) is 13.2 Å². The van der Waals surface area contributed by atoms with Crippen LogP contribution in [-0.4, -0.2) is 35.7 Å². The van der Waals surface area contributed by atoms with Gasteiger partial charge in [-0.3, -0.25) is 9.78 Å². The third-order valence-corrected chi connectivity index (χ3v) is 3.56. The van der Waals surface area contributed by atoms with Crippen molar-refractivity contribution in [2.45, 2.75) is 31.1 Å². The molecule has 0 spiro atoms. The highest BCUT2D eigenvalue weighted by Gasteiger charge is 2.42. The third kappa shape index (κ3) is 3.20. The van der Waals surface area contributed by atoms with E-state index in [1.54, 1.807) is 0 Å². The average Bonchev–Trinajstić information content (AvgIpc) is 2.81. The summed E-state index contributed by atoms with van der Waals surface area (Å²) in [4.78, 5) is 15.9. The van der Waals surface area contributed by atoms with Gasteiger partial charge in [-0.15, -0.1) is 11.3 Å². The number of nitrogens with one attached hydrogen (secondary N) is 2. The molecule has 1 aromatic rings. The van der Waals surface area contributed by atoms with Gasteiger partial charge in [-0.2, -0.15) is 13.2 Å². The second kappa shape index (κ2) is 5.23. The molecule has 0 aliphatic carbocycles. The van der Waals surface area contributed by atoms with Crippen LogP contribution in [0.25, 0.3) is 0 Å². The average molecular weight is 279 g/mol. The number of rotatable bonds is 2. The number of halogens is 3.